The summed E-state index contributed by atoms with van der Waals surface area (Å²) in [5.74, 6) is 1.51. The molecule has 2 heterocycles. The molecule has 120 valence electrons. The van der Waals surface area contributed by atoms with E-state index in [1.54, 1.807) is 18.2 Å². The lowest BCUT2D eigenvalue weighted by atomic mass is 9.97. The van der Waals surface area contributed by atoms with E-state index in [-0.39, 0.29) is 5.25 Å². The van der Waals surface area contributed by atoms with Gasteiger partial charge in [0.1, 0.15) is 5.82 Å². The van der Waals surface area contributed by atoms with Gasteiger partial charge in [-0.05, 0) is 33.1 Å². The Balaban J connectivity index is 2.00. The highest BCUT2D eigenvalue weighted by atomic mass is 32.2. The topological polar surface area (TPSA) is 55.2 Å². The fourth-order valence-electron chi connectivity index (χ4n) is 2.86. The first-order valence-corrected chi connectivity index (χ1v) is 9.47. The first-order valence-electron chi connectivity index (χ1n) is 7.96. The van der Waals surface area contributed by atoms with Crippen molar-refractivity contribution in [2.24, 2.45) is 0 Å². The minimum Gasteiger partial charge on any atom is -0.335 e. The van der Waals surface area contributed by atoms with Crippen molar-refractivity contribution in [3.63, 3.8) is 0 Å². The van der Waals surface area contributed by atoms with E-state index in [0.717, 1.165) is 31.6 Å². The normalized spacial score (nSPS) is 18.5. The molecule has 1 aliphatic rings. The van der Waals surface area contributed by atoms with Gasteiger partial charge < -0.3 is 4.57 Å². The molecule has 0 spiro atoms. The number of piperidine rings is 1. The van der Waals surface area contributed by atoms with E-state index in [2.05, 4.69) is 16.5 Å². The van der Waals surface area contributed by atoms with Crippen molar-refractivity contribution in [3.05, 3.63) is 18.2 Å². The van der Waals surface area contributed by atoms with Gasteiger partial charge in [0.15, 0.2) is 0 Å². The molecule has 1 aromatic rings. The van der Waals surface area contributed by atoms with Gasteiger partial charge in [0.25, 0.3) is 0 Å². The molecule has 6 heteroatoms. The number of rotatable bonds is 6. The molecule has 0 unspecified atom stereocenters. The Morgan fingerprint density at radius 2 is 2.00 bits per heavy atom. The number of imidazole rings is 1. The van der Waals surface area contributed by atoms with Crippen LogP contribution < -0.4 is 0 Å². The summed E-state index contributed by atoms with van der Waals surface area (Å²) in [7, 11) is -3.11. The van der Waals surface area contributed by atoms with Gasteiger partial charge in [-0.15, -0.1) is 0 Å². The van der Waals surface area contributed by atoms with Crippen LogP contribution in [-0.4, -0.2) is 40.6 Å². The Kier molecular flexibility index (Phi) is 5.43. The van der Waals surface area contributed by atoms with Crippen LogP contribution in [0.2, 0.25) is 0 Å². The average Bonchev–Trinajstić information content (AvgIpc) is 2.93. The maximum Gasteiger partial charge on any atom is 0.216 e. The summed E-state index contributed by atoms with van der Waals surface area (Å²) < 4.78 is 28.3. The number of hydrogen-bond acceptors (Lipinski definition) is 3. The lowest BCUT2D eigenvalue weighted by molar-refractivity contribution is 0.307. The molecule has 1 fully saturated rings. The number of unbranched alkanes of at least 4 members (excludes halogenated alkanes) is 1. The van der Waals surface area contributed by atoms with E-state index in [0.29, 0.717) is 19.0 Å². The highest BCUT2D eigenvalue weighted by Gasteiger charge is 2.31. The quantitative estimate of drug-likeness (QED) is 0.811. The molecule has 0 N–H and O–H groups in total. The molecular weight excluding hydrogens is 286 g/mol. The van der Waals surface area contributed by atoms with Gasteiger partial charge in [-0.3, -0.25) is 0 Å². The van der Waals surface area contributed by atoms with Crippen molar-refractivity contribution >= 4 is 10.0 Å². The van der Waals surface area contributed by atoms with Crippen molar-refractivity contribution in [2.75, 3.05) is 13.1 Å². The molecule has 0 radical (unpaired) electrons. The van der Waals surface area contributed by atoms with Crippen LogP contribution in [0.25, 0.3) is 0 Å². The van der Waals surface area contributed by atoms with E-state index in [1.807, 2.05) is 12.4 Å². The van der Waals surface area contributed by atoms with Gasteiger partial charge in [-0.2, -0.15) is 0 Å². The van der Waals surface area contributed by atoms with Crippen LogP contribution in [0.3, 0.4) is 0 Å². The standard InChI is InChI=1S/C15H27N3O2S/c1-4-5-9-17-12-8-16-15(17)14-6-10-18(11-7-14)21(19,20)13(2)3/h8,12-14H,4-7,9-11H2,1-3H3. The Labute approximate surface area is 128 Å². The minimum absolute atomic E-state index is 0.333. The van der Waals surface area contributed by atoms with E-state index in [1.165, 1.54) is 6.42 Å². The molecule has 0 amide bonds. The van der Waals surface area contributed by atoms with Gasteiger partial charge in [0, 0.05) is 37.9 Å². The summed E-state index contributed by atoms with van der Waals surface area (Å²) in [4.78, 5) is 4.51. The predicted octanol–water partition coefficient (Wildman–Crippen LogP) is 2.60. The van der Waals surface area contributed by atoms with Gasteiger partial charge in [0.2, 0.25) is 10.0 Å². The number of sulfonamides is 1. The zero-order valence-electron chi connectivity index (χ0n) is 13.3. The Morgan fingerprint density at radius 1 is 1.33 bits per heavy atom. The zero-order chi connectivity index (χ0) is 15.5. The van der Waals surface area contributed by atoms with Gasteiger partial charge in [-0.1, -0.05) is 13.3 Å². The highest BCUT2D eigenvalue weighted by molar-refractivity contribution is 7.89. The largest absolute Gasteiger partial charge is 0.335 e. The first kappa shape index (κ1) is 16.5. The number of aryl methyl sites for hydroxylation is 1. The summed E-state index contributed by atoms with van der Waals surface area (Å²) in [5, 5.41) is -0.333. The van der Waals surface area contributed by atoms with Crippen LogP contribution in [0, 0.1) is 0 Å². The highest BCUT2D eigenvalue weighted by Crippen LogP contribution is 2.29. The fourth-order valence-corrected chi connectivity index (χ4v) is 4.18. The van der Waals surface area contributed by atoms with E-state index >= 15 is 0 Å². The second-order valence-corrected chi connectivity index (χ2v) is 8.59. The van der Waals surface area contributed by atoms with E-state index < -0.39 is 10.0 Å². The lowest BCUT2D eigenvalue weighted by Crippen LogP contribution is -2.41. The summed E-state index contributed by atoms with van der Waals surface area (Å²) in [6.07, 6.45) is 7.97. The summed E-state index contributed by atoms with van der Waals surface area (Å²) in [6.45, 7) is 7.93. The average molecular weight is 313 g/mol. The smallest absolute Gasteiger partial charge is 0.216 e. The molecule has 0 aromatic carbocycles. The third-order valence-corrected chi connectivity index (χ3v) is 6.55. The molecule has 0 bridgehead atoms. The van der Waals surface area contributed by atoms with Gasteiger partial charge in [-0.25, -0.2) is 17.7 Å². The monoisotopic (exact) mass is 313 g/mol. The SMILES string of the molecule is CCCCn1ccnc1C1CCN(S(=O)(=O)C(C)C)CC1. The van der Waals surface area contributed by atoms with Crippen molar-refractivity contribution in [1.82, 2.24) is 13.9 Å². The van der Waals surface area contributed by atoms with Crippen LogP contribution in [-0.2, 0) is 16.6 Å². The third kappa shape index (κ3) is 3.66. The maximum atomic E-state index is 12.2. The van der Waals surface area contributed by atoms with Gasteiger partial charge in [0.05, 0.1) is 5.25 Å². The second kappa shape index (κ2) is 6.92. The summed E-state index contributed by atoms with van der Waals surface area (Å²) in [5.41, 5.74) is 0. The summed E-state index contributed by atoms with van der Waals surface area (Å²) >= 11 is 0. The van der Waals surface area contributed by atoms with Crippen molar-refractivity contribution in [1.29, 1.82) is 0 Å². The molecule has 0 saturated carbocycles. The zero-order valence-corrected chi connectivity index (χ0v) is 14.1. The van der Waals surface area contributed by atoms with Crippen molar-refractivity contribution in [3.8, 4) is 0 Å². The van der Waals surface area contributed by atoms with Crippen LogP contribution >= 0.6 is 0 Å². The molecule has 1 saturated heterocycles. The van der Waals surface area contributed by atoms with Crippen LogP contribution in [0.15, 0.2) is 12.4 Å². The van der Waals surface area contributed by atoms with Crippen molar-refractivity contribution in [2.45, 2.75) is 64.2 Å². The molecule has 0 atom stereocenters. The van der Waals surface area contributed by atoms with E-state index in [4.69, 9.17) is 0 Å². The van der Waals surface area contributed by atoms with Gasteiger partial charge >= 0.3 is 0 Å². The van der Waals surface area contributed by atoms with Crippen molar-refractivity contribution < 1.29 is 8.42 Å². The minimum atomic E-state index is -3.11. The van der Waals surface area contributed by atoms with Crippen LogP contribution in [0.4, 0.5) is 0 Å². The Bertz CT molecular complexity index is 543. The number of nitrogens with zero attached hydrogens (tertiary/aromatic N) is 3. The number of aromatic nitrogens is 2. The fraction of sp³-hybridized carbons (Fsp3) is 0.800. The molecule has 21 heavy (non-hydrogen) atoms. The third-order valence-electron chi connectivity index (χ3n) is 4.27. The Morgan fingerprint density at radius 3 is 2.57 bits per heavy atom. The molecule has 5 nitrogen and oxygen atoms in total. The lowest BCUT2D eigenvalue weighted by Gasteiger charge is -2.32. The van der Waals surface area contributed by atoms with Crippen LogP contribution in [0.1, 0.15) is 58.2 Å². The molecule has 1 aliphatic heterocycles. The molecular formula is C15H27N3O2S. The molecule has 0 aliphatic carbocycles. The molecule has 2 rings (SSSR count). The first-order chi connectivity index (χ1) is 9.96. The summed E-state index contributed by atoms with van der Waals surface area (Å²) in [6, 6.07) is 0. The second-order valence-electron chi connectivity index (χ2n) is 6.10. The molecule has 1 aromatic heterocycles. The maximum absolute atomic E-state index is 12.2. The van der Waals surface area contributed by atoms with E-state index in [9.17, 15) is 8.42 Å². The predicted molar refractivity (Wildman–Crippen MR) is 84.7 cm³/mol. The van der Waals surface area contributed by atoms with Crippen LogP contribution in [0.5, 0.6) is 0 Å². The Hall–Kier alpha value is -0.880. The number of hydrogen-bond donors (Lipinski definition) is 0.